The zero-order valence-corrected chi connectivity index (χ0v) is 18.2. The maximum Gasteiger partial charge on any atom is 0.291 e. The van der Waals surface area contributed by atoms with E-state index in [-0.39, 0.29) is 29.1 Å². The van der Waals surface area contributed by atoms with Crippen molar-refractivity contribution >= 4 is 29.1 Å². The first kappa shape index (κ1) is 21.2. The van der Waals surface area contributed by atoms with Gasteiger partial charge in [0, 0.05) is 38.1 Å². The normalized spacial score (nSPS) is 13.6. The van der Waals surface area contributed by atoms with E-state index in [1.165, 1.54) is 10.9 Å². The third kappa shape index (κ3) is 4.18. The van der Waals surface area contributed by atoms with Crippen LogP contribution in [0.1, 0.15) is 21.0 Å². The minimum absolute atomic E-state index is 0.112. The predicted octanol–water partition coefficient (Wildman–Crippen LogP) is 2.05. The first-order chi connectivity index (χ1) is 16.6. The van der Waals surface area contributed by atoms with Crippen molar-refractivity contribution in [2.24, 2.45) is 0 Å². The molecule has 3 N–H and O–H groups in total. The number of carbonyl (C=O) groups is 2. The number of piperazine rings is 1. The number of carbonyl (C=O) groups excluding carboxylic acids is 2. The van der Waals surface area contributed by atoms with Crippen LogP contribution in [0.3, 0.4) is 0 Å². The van der Waals surface area contributed by atoms with E-state index in [1.807, 2.05) is 18.2 Å². The minimum Gasteiger partial charge on any atom is -0.459 e. The molecule has 1 aromatic carbocycles. The molecule has 1 fully saturated rings. The Morgan fingerprint density at radius 2 is 1.76 bits per heavy atom. The molecule has 2 amide bonds. The second kappa shape index (κ2) is 9.06. The molecule has 11 heteroatoms. The standard InChI is InChI=1S/C23H22N8O3/c24-21-20(23(33)30-13-11-29(12-14-30)19-5-1-2-10-25-19)27-28-31(21)17-8-6-16(7-9-17)26-22(32)18-4-3-15-34-18/h1-10,15H,11-14,24H2,(H,26,32). The number of hydrogen-bond acceptors (Lipinski definition) is 8. The van der Waals surface area contributed by atoms with E-state index in [1.54, 1.807) is 47.5 Å². The summed E-state index contributed by atoms with van der Waals surface area (Å²) in [5.74, 6) is 0.655. The van der Waals surface area contributed by atoms with E-state index >= 15 is 0 Å². The van der Waals surface area contributed by atoms with Gasteiger partial charge in [-0.3, -0.25) is 9.59 Å². The summed E-state index contributed by atoms with van der Waals surface area (Å²) in [7, 11) is 0. The van der Waals surface area contributed by atoms with E-state index in [9.17, 15) is 9.59 Å². The maximum atomic E-state index is 13.0. The molecule has 0 radical (unpaired) electrons. The van der Waals surface area contributed by atoms with Gasteiger partial charge in [-0.15, -0.1) is 5.10 Å². The van der Waals surface area contributed by atoms with E-state index in [4.69, 9.17) is 10.2 Å². The number of aromatic nitrogens is 4. The molecule has 4 heterocycles. The van der Waals surface area contributed by atoms with Gasteiger partial charge in [-0.2, -0.15) is 4.68 Å². The molecule has 172 valence electrons. The van der Waals surface area contributed by atoms with Gasteiger partial charge in [0.2, 0.25) is 0 Å². The summed E-state index contributed by atoms with van der Waals surface area (Å²) in [5.41, 5.74) is 7.53. The number of amides is 2. The highest BCUT2D eigenvalue weighted by atomic mass is 16.3. The first-order valence-electron chi connectivity index (χ1n) is 10.7. The third-order valence-corrected chi connectivity index (χ3v) is 5.56. The SMILES string of the molecule is Nc1c(C(=O)N2CCN(c3ccccn3)CC2)nnn1-c1ccc(NC(=O)c2ccco2)cc1. The van der Waals surface area contributed by atoms with Crippen molar-refractivity contribution in [1.29, 1.82) is 0 Å². The van der Waals surface area contributed by atoms with E-state index in [0.29, 0.717) is 37.6 Å². The average Bonchev–Trinajstić information content (AvgIpc) is 3.55. The van der Waals surface area contributed by atoms with Gasteiger partial charge < -0.3 is 25.3 Å². The molecule has 4 aromatic rings. The van der Waals surface area contributed by atoms with Gasteiger partial charge in [0.25, 0.3) is 11.8 Å². The molecule has 0 aliphatic carbocycles. The lowest BCUT2D eigenvalue weighted by Crippen LogP contribution is -2.49. The van der Waals surface area contributed by atoms with Crippen molar-refractivity contribution in [2.45, 2.75) is 0 Å². The number of pyridine rings is 1. The smallest absolute Gasteiger partial charge is 0.291 e. The highest BCUT2D eigenvalue weighted by Gasteiger charge is 2.27. The number of benzene rings is 1. The second-order valence-corrected chi connectivity index (χ2v) is 7.68. The molecule has 1 saturated heterocycles. The summed E-state index contributed by atoms with van der Waals surface area (Å²) in [6, 6.07) is 15.9. The van der Waals surface area contributed by atoms with E-state index in [2.05, 4.69) is 25.5 Å². The van der Waals surface area contributed by atoms with Gasteiger partial charge in [-0.25, -0.2) is 4.98 Å². The van der Waals surface area contributed by atoms with Gasteiger partial charge in [-0.05, 0) is 48.5 Å². The summed E-state index contributed by atoms with van der Waals surface area (Å²) in [5, 5.41) is 10.8. The van der Waals surface area contributed by atoms with Crippen molar-refractivity contribution in [3.63, 3.8) is 0 Å². The fourth-order valence-electron chi connectivity index (χ4n) is 3.75. The molecule has 0 bridgehead atoms. The van der Waals surface area contributed by atoms with Crippen LogP contribution in [0.2, 0.25) is 0 Å². The molecule has 3 aromatic heterocycles. The molecule has 0 spiro atoms. The Morgan fingerprint density at radius 1 is 0.971 bits per heavy atom. The number of nitrogens with two attached hydrogens (primary N) is 1. The molecule has 1 aliphatic rings. The summed E-state index contributed by atoms with van der Waals surface area (Å²) < 4.78 is 6.49. The number of anilines is 3. The third-order valence-electron chi connectivity index (χ3n) is 5.56. The van der Waals surface area contributed by atoms with Gasteiger partial charge in [0.05, 0.1) is 12.0 Å². The van der Waals surface area contributed by atoms with E-state index < -0.39 is 0 Å². The van der Waals surface area contributed by atoms with Crippen molar-refractivity contribution in [1.82, 2.24) is 24.9 Å². The van der Waals surface area contributed by atoms with Crippen molar-refractivity contribution in [2.75, 3.05) is 42.1 Å². The van der Waals surface area contributed by atoms with Crippen LogP contribution in [-0.2, 0) is 0 Å². The van der Waals surface area contributed by atoms with Gasteiger partial charge in [0.15, 0.2) is 17.3 Å². The lowest BCUT2D eigenvalue weighted by atomic mass is 10.2. The van der Waals surface area contributed by atoms with E-state index in [0.717, 1.165) is 5.82 Å². The molecule has 5 rings (SSSR count). The summed E-state index contributed by atoms with van der Waals surface area (Å²) >= 11 is 0. The zero-order chi connectivity index (χ0) is 23.5. The molecular formula is C23H22N8O3. The number of nitrogen functional groups attached to an aromatic ring is 1. The van der Waals surface area contributed by atoms with Gasteiger partial charge >= 0.3 is 0 Å². The Hall–Kier alpha value is -4.67. The van der Waals surface area contributed by atoms with Crippen LogP contribution in [0, 0.1) is 0 Å². The second-order valence-electron chi connectivity index (χ2n) is 7.68. The quantitative estimate of drug-likeness (QED) is 0.464. The van der Waals surface area contributed by atoms with Gasteiger partial charge in [0.1, 0.15) is 5.82 Å². The molecule has 0 saturated carbocycles. The van der Waals surface area contributed by atoms with Crippen molar-refractivity contribution in [3.8, 4) is 5.69 Å². The van der Waals surface area contributed by atoms with Crippen LogP contribution in [0.25, 0.3) is 5.69 Å². The molecule has 0 atom stereocenters. The topological polar surface area (TPSA) is 135 Å². The average molecular weight is 458 g/mol. The molecule has 11 nitrogen and oxygen atoms in total. The van der Waals surface area contributed by atoms with Crippen LogP contribution in [-0.4, -0.2) is 62.9 Å². The minimum atomic E-state index is -0.353. The highest BCUT2D eigenvalue weighted by Crippen LogP contribution is 2.20. The van der Waals surface area contributed by atoms with Crippen molar-refractivity contribution < 1.29 is 14.0 Å². The lowest BCUT2D eigenvalue weighted by Gasteiger charge is -2.35. The summed E-state index contributed by atoms with van der Waals surface area (Å²) in [4.78, 5) is 33.4. The predicted molar refractivity (Wildman–Crippen MR) is 125 cm³/mol. The van der Waals surface area contributed by atoms with Crippen LogP contribution in [0.5, 0.6) is 0 Å². The van der Waals surface area contributed by atoms with Crippen LogP contribution >= 0.6 is 0 Å². The van der Waals surface area contributed by atoms with Gasteiger partial charge in [-0.1, -0.05) is 11.3 Å². The van der Waals surface area contributed by atoms with Crippen LogP contribution in [0.15, 0.2) is 71.5 Å². The largest absolute Gasteiger partial charge is 0.459 e. The lowest BCUT2D eigenvalue weighted by molar-refractivity contribution is 0.0741. The fraction of sp³-hybridized carbons (Fsp3) is 0.174. The zero-order valence-electron chi connectivity index (χ0n) is 18.2. The Morgan fingerprint density at radius 3 is 2.44 bits per heavy atom. The van der Waals surface area contributed by atoms with Crippen molar-refractivity contribution in [3.05, 3.63) is 78.5 Å². The fourth-order valence-corrected chi connectivity index (χ4v) is 3.75. The number of nitrogens with zero attached hydrogens (tertiary/aromatic N) is 6. The van der Waals surface area contributed by atoms with Crippen LogP contribution < -0.4 is 16.0 Å². The number of nitrogens with one attached hydrogen (secondary N) is 1. The Labute approximate surface area is 194 Å². The Bertz CT molecular complexity index is 1280. The maximum absolute atomic E-state index is 13.0. The molecule has 0 unspecified atom stereocenters. The number of hydrogen-bond donors (Lipinski definition) is 2. The number of rotatable bonds is 5. The Balaban J connectivity index is 1.24. The Kier molecular flexibility index (Phi) is 5.65. The molecule has 1 aliphatic heterocycles. The summed E-state index contributed by atoms with van der Waals surface area (Å²) in [6.07, 6.45) is 3.19. The van der Waals surface area contributed by atoms with Crippen LogP contribution in [0.4, 0.5) is 17.3 Å². The molecule has 34 heavy (non-hydrogen) atoms. The monoisotopic (exact) mass is 458 g/mol. The first-order valence-corrected chi connectivity index (χ1v) is 10.7. The number of furan rings is 1. The molecular weight excluding hydrogens is 436 g/mol. The highest BCUT2D eigenvalue weighted by molar-refractivity contribution is 6.02. The summed E-state index contributed by atoms with van der Waals surface area (Å²) in [6.45, 7) is 2.40.